The Morgan fingerprint density at radius 3 is 2.61 bits per heavy atom. The van der Waals surface area contributed by atoms with Crippen molar-refractivity contribution in [3.63, 3.8) is 0 Å². The van der Waals surface area contributed by atoms with Crippen LogP contribution in [0.4, 0.5) is 5.69 Å². The minimum atomic E-state index is -3.61. The number of anilines is 1. The number of carbonyl (C=O) groups excluding carboxylic acids is 1. The molecule has 2 rings (SSSR count). The Morgan fingerprint density at radius 2 is 1.91 bits per heavy atom. The summed E-state index contributed by atoms with van der Waals surface area (Å²) in [5.74, 6) is -1.45. The molecule has 0 aliphatic carbocycles. The Hall–Kier alpha value is -2.65. The number of hydrogen-bond acceptors (Lipinski definition) is 4. The van der Waals surface area contributed by atoms with E-state index >= 15 is 0 Å². The molecule has 23 heavy (non-hydrogen) atoms. The summed E-state index contributed by atoms with van der Waals surface area (Å²) in [6, 6.07) is 15.4. The number of rotatable bonds is 5. The molecule has 2 aromatic rings. The molecular weight excluding hydrogens is 312 g/mol. The van der Waals surface area contributed by atoms with Crippen LogP contribution in [0, 0.1) is 18.3 Å². The summed E-state index contributed by atoms with van der Waals surface area (Å²) in [7, 11) is -3.61. The van der Waals surface area contributed by atoms with Gasteiger partial charge in [0.15, 0.2) is 9.84 Å². The SMILES string of the molecule is Cc1cccc(NC(=O)CS(=O)(=O)Cc2cccc(C#N)c2)c1. The number of amides is 1. The lowest BCUT2D eigenvalue weighted by Gasteiger charge is -2.07. The zero-order valence-corrected chi connectivity index (χ0v) is 13.4. The van der Waals surface area contributed by atoms with Crippen molar-refractivity contribution in [2.45, 2.75) is 12.7 Å². The van der Waals surface area contributed by atoms with E-state index in [4.69, 9.17) is 5.26 Å². The third kappa shape index (κ3) is 5.24. The van der Waals surface area contributed by atoms with Gasteiger partial charge >= 0.3 is 0 Å². The molecule has 1 N–H and O–H groups in total. The van der Waals surface area contributed by atoms with E-state index in [0.717, 1.165) is 5.56 Å². The van der Waals surface area contributed by atoms with E-state index < -0.39 is 21.5 Å². The number of hydrogen-bond donors (Lipinski definition) is 1. The summed E-state index contributed by atoms with van der Waals surface area (Å²) < 4.78 is 24.2. The van der Waals surface area contributed by atoms with E-state index in [1.165, 1.54) is 6.07 Å². The smallest absolute Gasteiger partial charge is 0.239 e. The van der Waals surface area contributed by atoms with E-state index in [9.17, 15) is 13.2 Å². The van der Waals surface area contributed by atoms with Gasteiger partial charge in [-0.15, -0.1) is 0 Å². The lowest BCUT2D eigenvalue weighted by atomic mass is 10.2. The fraction of sp³-hybridized carbons (Fsp3) is 0.176. The van der Waals surface area contributed by atoms with Gasteiger partial charge in [0.05, 0.1) is 17.4 Å². The molecule has 0 aromatic heterocycles. The van der Waals surface area contributed by atoms with E-state index in [2.05, 4.69) is 5.32 Å². The van der Waals surface area contributed by atoms with Gasteiger partial charge in [0.2, 0.25) is 5.91 Å². The molecule has 0 radical (unpaired) electrons. The average molecular weight is 328 g/mol. The summed E-state index contributed by atoms with van der Waals surface area (Å²) in [5.41, 5.74) is 2.42. The highest BCUT2D eigenvalue weighted by molar-refractivity contribution is 7.91. The van der Waals surface area contributed by atoms with Crippen LogP contribution in [0.3, 0.4) is 0 Å². The van der Waals surface area contributed by atoms with Crippen molar-refractivity contribution in [1.82, 2.24) is 0 Å². The van der Waals surface area contributed by atoms with Crippen molar-refractivity contribution in [2.75, 3.05) is 11.1 Å². The first-order chi connectivity index (χ1) is 10.9. The highest BCUT2D eigenvalue weighted by Gasteiger charge is 2.18. The molecule has 2 aromatic carbocycles. The third-order valence-corrected chi connectivity index (χ3v) is 4.57. The first-order valence-electron chi connectivity index (χ1n) is 6.94. The van der Waals surface area contributed by atoms with Gasteiger partial charge in [0, 0.05) is 5.69 Å². The monoisotopic (exact) mass is 328 g/mol. The summed E-state index contributed by atoms with van der Waals surface area (Å²) in [6.07, 6.45) is 0. The van der Waals surface area contributed by atoms with Crippen molar-refractivity contribution in [3.05, 3.63) is 65.2 Å². The lowest BCUT2D eigenvalue weighted by molar-refractivity contribution is -0.113. The summed E-state index contributed by atoms with van der Waals surface area (Å²) in [6.45, 7) is 1.88. The third-order valence-electron chi connectivity index (χ3n) is 3.10. The van der Waals surface area contributed by atoms with Gasteiger partial charge in [0.25, 0.3) is 0 Å². The van der Waals surface area contributed by atoms with Crippen molar-refractivity contribution >= 4 is 21.4 Å². The maximum atomic E-state index is 12.1. The fourth-order valence-electron chi connectivity index (χ4n) is 2.16. The van der Waals surface area contributed by atoms with Crippen LogP contribution in [0.5, 0.6) is 0 Å². The van der Waals surface area contributed by atoms with Crippen LogP contribution in [-0.4, -0.2) is 20.1 Å². The molecule has 0 aliphatic rings. The van der Waals surface area contributed by atoms with Gasteiger partial charge in [-0.2, -0.15) is 5.26 Å². The van der Waals surface area contributed by atoms with Gasteiger partial charge < -0.3 is 5.32 Å². The zero-order chi connectivity index (χ0) is 16.9. The number of nitrogens with one attached hydrogen (secondary N) is 1. The molecule has 6 heteroatoms. The second kappa shape index (κ2) is 7.07. The standard InChI is InChI=1S/C17H16N2O3S/c1-13-4-2-7-16(8-13)19-17(20)12-23(21,22)11-15-6-3-5-14(9-15)10-18/h2-9H,11-12H2,1H3,(H,19,20). The molecular formula is C17H16N2O3S. The van der Waals surface area contributed by atoms with Crippen LogP contribution in [0.2, 0.25) is 0 Å². The van der Waals surface area contributed by atoms with Crippen LogP contribution in [0.15, 0.2) is 48.5 Å². The summed E-state index contributed by atoms with van der Waals surface area (Å²) >= 11 is 0. The molecule has 0 fully saturated rings. The normalized spacial score (nSPS) is 10.8. The van der Waals surface area contributed by atoms with E-state index in [1.807, 2.05) is 19.1 Å². The first kappa shape index (κ1) is 16.7. The lowest BCUT2D eigenvalue weighted by Crippen LogP contribution is -2.24. The molecule has 118 valence electrons. The fourth-order valence-corrected chi connectivity index (χ4v) is 3.42. The quantitative estimate of drug-likeness (QED) is 0.913. The largest absolute Gasteiger partial charge is 0.325 e. The minimum Gasteiger partial charge on any atom is -0.325 e. The molecule has 0 bridgehead atoms. The Balaban J connectivity index is 2.03. The van der Waals surface area contributed by atoms with E-state index in [0.29, 0.717) is 16.8 Å². The Morgan fingerprint density at radius 1 is 1.17 bits per heavy atom. The maximum absolute atomic E-state index is 12.1. The topological polar surface area (TPSA) is 87.0 Å². The molecule has 1 amide bonds. The number of benzene rings is 2. The molecule has 0 unspecified atom stereocenters. The Kier molecular flexibility index (Phi) is 5.14. The van der Waals surface area contributed by atoms with Crippen molar-refractivity contribution in [3.8, 4) is 6.07 Å². The average Bonchev–Trinajstić information content (AvgIpc) is 2.46. The summed E-state index contributed by atoms with van der Waals surface area (Å²) in [4.78, 5) is 11.9. The van der Waals surface area contributed by atoms with Crippen LogP contribution in [0.1, 0.15) is 16.7 Å². The predicted molar refractivity (Wildman–Crippen MR) is 88.5 cm³/mol. The number of aryl methyl sites for hydroxylation is 1. The van der Waals surface area contributed by atoms with E-state index in [1.54, 1.807) is 36.4 Å². The molecule has 0 saturated carbocycles. The molecule has 0 atom stereocenters. The van der Waals surface area contributed by atoms with Gasteiger partial charge in [-0.05, 0) is 42.3 Å². The maximum Gasteiger partial charge on any atom is 0.239 e. The number of nitrogens with zero attached hydrogens (tertiary/aromatic N) is 1. The minimum absolute atomic E-state index is 0.274. The van der Waals surface area contributed by atoms with Crippen LogP contribution in [-0.2, 0) is 20.4 Å². The van der Waals surface area contributed by atoms with Crippen LogP contribution in [0.25, 0.3) is 0 Å². The highest BCUT2D eigenvalue weighted by atomic mass is 32.2. The predicted octanol–water partition coefficient (Wildman–Crippen LogP) is 2.42. The molecule has 0 saturated heterocycles. The van der Waals surface area contributed by atoms with Gasteiger partial charge in [0.1, 0.15) is 5.75 Å². The Bertz CT molecular complexity index is 867. The zero-order valence-electron chi connectivity index (χ0n) is 12.6. The van der Waals surface area contributed by atoms with Crippen molar-refractivity contribution in [2.24, 2.45) is 0 Å². The second-order valence-corrected chi connectivity index (χ2v) is 7.33. The van der Waals surface area contributed by atoms with Crippen molar-refractivity contribution in [1.29, 1.82) is 5.26 Å². The molecule has 0 spiro atoms. The highest BCUT2D eigenvalue weighted by Crippen LogP contribution is 2.12. The van der Waals surface area contributed by atoms with Crippen LogP contribution >= 0.6 is 0 Å². The Labute approximate surface area is 135 Å². The van der Waals surface area contributed by atoms with Crippen molar-refractivity contribution < 1.29 is 13.2 Å². The molecule has 5 nitrogen and oxygen atoms in total. The van der Waals surface area contributed by atoms with Gasteiger partial charge in [-0.25, -0.2) is 8.42 Å². The summed E-state index contributed by atoms with van der Waals surface area (Å²) in [5, 5.41) is 11.4. The first-order valence-corrected chi connectivity index (χ1v) is 8.76. The number of carbonyl (C=O) groups is 1. The van der Waals surface area contributed by atoms with Gasteiger partial charge in [-0.1, -0.05) is 24.3 Å². The van der Waals surface area contributed by atoms with Gasteiger partial charge in [-0.3, -0.25) is 4.79 Å². The molecule has 0 heterocycles. The van der Waals surface area contributed by atoms with Crippen LogP contribution < -0.4 is 5.32 Å². The molecule has 0 aliphatic heterocycles. The number of nitriles is 1. The number of sulfone groups is 1. The van der Waals surface area contributed by atoms with E-state index in [-0.39, 0.29) is 5.75 Å². The second-order valence-electron chi connectivity index (χ2n) is 5.26.